The van der Waals surface area contributed by atoms with Crippen molar-refractivity contribution in [1.29, 1.82) is 0 Å². The number of hydrogen-bond donors (Lipinski definition) is 2. The number of alkyl halides is 3. The average Bonchev–Trinajstić information content (AvgIpc) is 3.14. The maximum atomic E-state index is 13.5. The maximum absolute atomic E-state index is 13.5. The quantitative estimate of drug-likeness (QED) is 0.106. The van der Waals surface area contributed by atoms with E-state index < -0.39 is 66.4 Å². The molecule has 0 fully saturated rings. The van der Waals surface area contributed by atoms with Crippen LogP contribution in [0.2, 0.25) is 0 Å². The number of hydrogen-bond acceptors (Lipinski definition) is 8. The molecule has 0 bridgehead atoms. The molecule has 0 saturated heterocycles. The number of nitrogens with zero attached hydrogens (tertiary/aromatic N) is 1. The van der Waals surface area contributed by atoms with Crippen molar-refractivity contribution in [1.82, 2.24) is 4.90 Å². The minimum atomic E-state index is -4.53. The van der Waals surface area contributed by atoms with Crippen molar-refractivity contribution in [3.8, 4) is 11.1 Å². The number of anilines is 1. The molecule has 0 aliphatic heterocycles. The van der Waals surface area contributed by atoms with E-state index in [1.807, 2.05) is 0 Å². The van der Waals surface area contributed by atoms with Gasteiger partial charge in [0.15, 0.2) is 0 Å². The summed E-state index contributed by atoms with van der Waals surface area (Å²) >= 11 is 0. The SMILES string of the molecule is CCC(C)OC(=O)C(COC(=O)OCc1ccc(NC(=O)c2ccccc2-c2ccc(C(F)(F)F)cc2)c(C(=O)N(C)C)c1)(C(=O)O)c1ccccc1. The van der Waals surface area contributed by atoms with Gasteiger partial charge in [0, 0.05) is 19.7 Å². The Bertz CT molecular complexity index is 1970. The van der Waals surface area contributed by atoms with E-state index in [4.69, 9.17) is 14.2 Å². The van der Waals surface area contributed by atoms with Crippen LogP contribution in [0.25, 0.3) is 11.1 Å². The Morgan fingerprint density at radius 1 is 0.811 bits per heavy atom. The molecule has 2 N–H and O–H groups in total. The van der Waals surface area contributed by atoms with Gasteiger partial charge in [-0.3, -0.25) is 19.2 Å². The number of carboxylic acids is 1. The predicted molar refractivity (Wildman–Crippen MR) is 187 cm³/mol. The van der Waals surface area contributed by atoms with Gasteiger partial charge in [0.05, 0.1) is 22.9 Å². The number of carbonyl (C=O) groups is 5. The number of nitrogens with one attached hydrogen (secondary N) is 1. The number of rotatable bonds is 13. The number of aliphatic carboxylic acids is 1. The van der Waals surface area contributed by atoms with Crippen LogP contribution in [-0.2, 0) is 42.0 Å². The van der Waals surface area contributed by atoms with Crippen molar-refractivity contribution in [3.63, 3.8) is 0 Å². The van der Waals surface area contributed by atoms with Crippen molar-refractivity contribution < 1.29 is 56.5 Å². The van der Waals surface area contributed by atoms with E-state index in [9.17, 15) is 42.3 Å². The van der Waals surface area contributed by atoms with Crippen LogP contribution in [0.15, 0.2) is 97.1 Å². The molecule has 0 radical (unpaired) electrons. The molecule has 0 saturated carbocycles. The summed E-state index contributed by atoms with van der Waals surface area (Å²) in [6, 6.07) is 22.4. The van der Waals surface area contributed by atoms with Crippen LogP contribution in [-0.4, -0.2) is 66.7 Å². The number of carbonyl (C=O) groups excluding carboxylic acids is 4. The van der Waals surface area contributed by atoms with Crippen molar-refractivity contribution in [2.75, 3.05) is 26.0 Å². The molecule has 11 nitrogen and oxygen atoms in total. The third-order valence-corrected chi connectivity index (χ3v) is 8.29. The Morgan fingerprint density at radius 3 is 2.06 bits per heavy atom. The van der Waals surface area contributed by atoms with Gasteiger partial charge < -0.3 is 29.5 Å². The number of halogens is 3. The third-order valence-electron chi connectivity index (χ3n) is 8.29. The Balaban J connectivity index is 1.53. The van der Waals surface area contributed by atoms with Crippen molar-refractivity contribution in [3.05, 3.63) is 125 Å². The van der Waals surface area contributed by atoms with E-state index >= 15 is 0 Å². The second kappa shape index (κ2) is 16.9. The summed E-state index contributed by atoms with van der Waals surface area (Å²) in [6.45, 7) is 1.96. The first-order valence-electron chi connectivity index (χ1n) is 16.3. The van der Waals surface area contributed by atoms with Gasteiger partial charge >= 0.3 is 24.3 Å². The van der Waals surface area contributed by atoms with Crippen LogP contribution in [0.5, 0.6) is 0 Å². The van der Waals surface area contributed by atoms with Crippen LogP contribution < -0.4 is 5.32 Å². The van der Waals surface area contributed by atoms with E-state index in [0.717, 1.165) is 12.1 Å². The van der Waals surface area contributed by atoms with Crippen molar-refractivity contribution >= 4 is 35.6 Å². The van der Waals surface area contributed by atoms with Crippen LogP contribution in [0.3, 0.4) is 0 Å². The first-order valence-corrected chi connectivity index (χ1v) is 16.3. The van der Waals surface area contributed by atoms with Gasteiger partial charge in [-0.1, -0.05) is 73.7 Å². The van der Waals surface area contributed by atoms with Gasteiger partial charge in [-0.15, -0.1) is 0 Å². The molecule has 0 aliphatic rings. The molecule has 2 amide bonds. The highest BCUT2D eigenvalue weighted by atomic mass is 19.4. The third kappa shape index (κ3) is 9.39. The van der Waals surface area contributed by atoms with Gasteiger partial charge in [0.2, 0.25) is 5.41 Å². The summed E-state index contributed by atoms with van der Waals surface area (Å²) < 4.78 is 55.1. The van der Waals surface area contributed by atoms with Crippen molar-refractivity contribution in [2.45, 2.75) is 44.6 Å². The zero-order valence-corrected chi connectivity index (χ0v) is 29.2. The molecule has 0 aliphatic carbocycles. The normalized spacial score (nSPS) is 12.8. The molecule has 4 rings (SSSR count). The predicted octanol–water partition coefficient (Wildman–Crippen LogP) is 7.34. The molecule has 14 heteroatoms. The van der Waals surface area contributed by atoms with Gasteiger partial charge in [0.25, 0.3) is 11.8 Å². The van der Waals surface area contributed by atoms with Gasteiger partial charge in [-0.25, -0.2) is 4.79 Å². The Kier molecular flexibility index (Phi) is 12.6. The van der Waals surface area contributed by atoms with Gasteiger partial charge in [0.1, 0.15) is 13.2 Å². The average molecular weight is 735 g/mol. The van der Waals surface area contributed by atoms with Crippen LogP contribution in [0.4, 0.5) is 23.7 Å². The molecule has 4 aromatic carbocycles. The highest BCUT2D eigenvalue weighted by Gasteiger charge is 2.51. The monoisotopic (exact) mass is 734 g/mol. The zero-order valence-electron chi connectivity index (χ0n) is 29.2. The van der Waals surface area contributed by atoms with Crippen LogP contribution >= 0.6 is 0 Å². The summed E-state index contributed by atoms with van der Waals surface area (Å²) in [5.74, 6) is -3.89. The zero-order chi connectivity index (χ0) is 38.9. The molecule has 53 heavy (non-hydrogen) atoms. The number of carboxylic acid groups (broad SMARTS) is 1. The molecule has 0 spiro atoms. The highest BCUT2D eigenvalue weighted by Crippen LogP contribution is 2.33. The minimum absolute atomic E-state index is 0.0200. The Hall–Kier alpha value is -6.18. The van der Waals surface area contributed by atoms with E-state index in [0.29, 0.717) is 23.1 Å². The molecule has 0 aromatic heterocycles. The minimum Gasteiger partial charge on any atom is -0.480 e. The first-order chi connectivity index (χ1) is 25.1. The summed E-state index contributed by atoms with van der Waals surface area (Å²) in [5, 5.41) is 12.9. The first kappa shape index (κ1) is 39.6. The lowest BCUT2D eigenvalue weighted by atomic mass is 9.81. The largest absolute Gasteiger partial charge is 0.508 e. The van der Waals surface area contributed by atoms with E-state index in [2.05, 4.69) is 5.32 Å². The molecule has 0 heterocycles. The van der Waals surface area contributed by atoms with Crippen molar-refractivity contribution in [2.24, 2.45) is 0 Å². The Morgan fingerprint density at radius 2 is 1.45 bits per heavy atom. The lowest BCUT2D eigenvalue weighted by Gasteiger charge is -2.28. The highest BCUT2D eigenvalue weighted by molar-refractivity contribution is 6.12. The lowest BCUT2D eigenvalue weighted by Crippen LogP contribution is -2.50. The maximum Gasteiger partial charge on any atom is 0.508 e. The number of esters is 1. The summed E-state index contributed by atoms with van der Waals surface area (Å²) in [7, 11) is 2.98. The fourth-order valence-corrected chi connectivity index (χ4v) is 5.14. The fourth-order valence-electron chi connectivity index (χ4n) is 5.14. The summed E-state index contributed by atoms with van der Waals surface area (Å²) in [6.07, 6.45) is -6.03. The topological polar surface area (TPSA) is 149 Å². The second-order valence-electron chi connectivity index (χ2n) is 12.2. The molecule has 4 aromatic rings. The van der Waals surface area contributed by atoms with Crippen LogP contribution in [0, 0.1) is 0 Å². The number of ether oxygens (including phenoxy) is 3. The van der Waals surface area contributed by atoms with E-state index in [1.54, 1.807) is 38.1 Å². The number of amides is 2. The fraction of sp³-hybridized carbons (Fsp3) is 0.256. The lowest BCUT2D eigenvalue weighted by molar-refractivity contribution is -0.167. The van der Waals surface area contributed by atoms with Crippen LogP contribution in [0.1, 0.15) is 57.7 Å². The number of benzene rings is 4. The molecular weight excluding hydrogens is 697 g/mol. The standard InChI is InChI=1S/C39H37F3N2O9/c1-5-24(2)53-36(49)38(35(47)48,27-11-7-6-8-12-27)23-52-37(50)51-22-25-15-20-32(31(21-25)34(46)44(3)4)43-33(45)30-14-10-9-13-29(30)26-16-18-28(19-17-26)39(40,41)42/h6-21,24H,5,22-23H2,1-4H3,(H,43,45)(H,47,48). The Labute approximate surface area is 303 Å². The molecule has 278 valence electrons. The van der Waals surface area contributed by atoms with Gasteiger partial charge in [-0.2, -0.15) is 13.2 Å². The van der Waals surface area contributed by atoms with Gasteiger partial charge in [-0.05, 0) is 65.9 Å². The molecule has 2 atom stereocenters. The summed E-state index contributed by atoms with van der Waals surface area (Å²) in [4.78, 5) is 66.5. The summed E-state index contributed by atoms with van der Waals surface area (Å²) in [5.41, 5.74) is -1.94. The van der Waals surface area contributed by atoms with E-state index in [-0.39, 0.29) is 22.4 Å². The molecule has 2 unspecified atom stereocenters. The second-order valence-corrected chi connectivity index (χ2v) is 12.2. The molecular formula is C39H37F3N2O9. The van der Waals surface area contributed by atoms with E-state index in [1.165, 1.54) is 79.7 Å². The smallest absolute Gasteiger partial charge is 0.480 e.